The summed E-state index contributed by atoms with van der Waals surface area (Å²) in [6.07, 6.45) is 1.11. The number of fused-ring (bicyclic) bond motifs is 1. The number of piperidine rings is 1. The zero-order chi connectivity index (χ0) is 14.8. The Morgan fingerprint density at radius 3 is 2.95 bits per heavy atom. The molecule has 21 heavy (non-hydrogen) atoms. The van der Waals surface area contributed by atoms with Gasteiger partial charge >= 0.3 is 0 Å². The van der Waals surface area contributed by atoms with E-state index in [1.54, 1.807) is 12.3 Å². The first-order valence-corrected chi connectivity index (χ1v) is 6.95. The lowest BCUT2D eigenvalue weighted by Crippen LogP contribution is -2.38. The van der Waals surface area contributed by atoms with Crippen LogP contribution in [-0.4, -0.2) is 29.1 Å². The summed E-state index contributed by atoms with van der Waals surface area (Å²) in [6.45, 7) is 1.92. The Balaban J connectivity index is 1.89. The fourth-order valence-electron chi connectivity index (χ4n) is 2.57. The number of anilines is 2. The molecule has 4 N–H and O–H groups in total. The molecule has 5 nitrogen and oxygen atoms in total. The van der Waals surface area contributed by atoms with Crippen LogP contribution in [-0.2, 0) is 0 Å². The van der Waals surface area contributed by atoms with Crippen LogP contribution in [0.3, 0.4) is 0 Å². The van der Waals surface area contributed by atoms with Gasteiger partial charge in [0.1, 0.15) is 17.3 Å². The highest BCUT2D eigenvalue weighted by atomic mass is 19.3. The molecule has 7 heteroatoms. The molecule has 1 saturated heterocycles. The lowest BCUT2D eigenvalue weighted by Gasteiger charge is -2.24. The van der Waals surface area contributed by atoms with Crippen LogP contribution in [0.4, 0.5) is 20.4 Å². The first-order valence-electron chi connectivity index (χ1n) is 6.95. The van der Waals surface area contributed by atoms with Crippen molar-refractivity contribution in [2.45, 2.75) is 25.3 Å². The van der Waals surface area contributed by atoms with Gasteiger partial charge in [-0.1, -0.05) is 0 Å². The predicted octanol–water partition coefficient (Wildman–Crippen LogP) is 2.31. The van der Waals surface area contributed by atoms with Crippen LogP contribution >= 0.6 is 0 Å². The fraction of sp³-hybridized carbons (Fsp3) is 0.429. The lowest BCUT2D eigenvalue weighted by molar-refractivity contribution is 0.146. The molecule has 0 amide bonds. The molecule has 0 aromatic carbocycles. The van der Waals surface area contributed by atoms with E-state index < -0.39 is 6.43 Å². The molecule has 3 rings (SSSR count). The van der Waals surface area contributed by atoms with Crippen molar-refractivity contribution in [3.63, 3.8) is 0 Å². The molecular weight excluding hydrogens is 276 g/mol. The van der Waals surface area contributed by atoms with Crippen molar-refractivity contribution in [1.29, 1.82) is 0 Å². The second kappa shape index (κ2) is 5.77. The first kappa shape index (κ1) is 13.9. The molecule has 112 valence electrons. The molecule has 1 aliphatic rings. The highest BCUT2D eigenvalue weighted by molar-refractivity contribution is 5.92. The van der Waals surface area contributed by atoms with E-state index in [0.29, 0.717) is 22.6 Å². The van der Waals surface area contributed by atoms with Gasteiger partial charge < -0.3 is 16.4 Å². The molecule has 2 aromatic rings. The third-order valence-corrected chi connectivity index (χ3v) is 3.64. The minimum atomic E-state index is -2.64. The monoisotopic (exact) mass is 293 g/mol. The summed E-state index contributed by atoms with van der Waals surface area (Å²) in [6, 6.07) is 3.41. The van der Waals surface area contributed by atoms with Crippen molar-refractivity contribution in [3.05, 3.63) is 24.0 Å². The Hall–Kier alpha value is -2.02. The van der Waals surface area contributed by atoms with E-state index in [1.165, 1.54) is 6.07 Å². The molecule has 1 atom stereocenters. The van der Waals surface area contributed by atoms with Crippen LogP contribution in [0.2, 0.25) is 0 Å². The van der Waals surface area contributed by atoms with Crippen molar-refractivity contribution in [1.82, 2.24) is 15.3 Å². The number of hydrogen-bond donors (Lipinski definition) is 3. The molecule has 1 fully saturated rings. The van der Waals surface area contributed by atoms with Crippen LogP contribution in [0.25, 0.3) is 10.8 Å². The normalized spacial score (nSPS) is 19.1. The average molecular weight is 293 g/mol. The number of halogens is 2. The van der Waals surface area contributed by atoms with Gasteiger partial charge in [-0.2, -0.15) is 0 Å². The minimum absolute atomic E-state index is 0.106. The number of nitrogens with one attached hydrogen (secondary N) is 2. The quantitative estimate of drug-likeness (QED) is 0.809. The van der Waals surface area contributed by atoms with Crippen LogP contribution in [0.1, 0.15) is 25.0 Å². The summed E-state index contributed by atoms with van der Waals surface area (Å²) >= 11 is 0. The number of alkyl halides is 2. The molecule has 0 radical (unpaired) electrons. The number of pyridine rings is 2. The van der Waals surface area contributed by atoms with E-state index in [-0.39, 0.29) is 11.5 Å². The standard InChI is InChI=1S/C14H17F2N5/c15-13(16)11-4-8-6-19-12(5-10(8)14(17)21-11)20-9-2-1-3-18-7-9/h4-6,9,13,18H,1-3,7H2,(H2,17,21)(H,19,20)/t9-/m0/s1. The Morgan fingerprint density at radius 1 is 1.38 bits per heavy atom. The van der Waals surface area contributed by atoms with Crippen molar-refractivity contribution in [2.24, 2.45) is 0 Å². The van der Waals surface area contributed by atoms with Crippen molar-refractivity contribution >= 4 is 22.4 Å². The summed E-state index contributed by atoms with van der Waals surface area (Å²) < 4.78 is 25.4. The third kappa shape index (κ3) is 3.02. The minimum Gasteiger partial charge on any atom is -0.383 e. The Kier molecular flexibility index (Phi) is 3.83. The molecule has 0 saturated carbocycles. The molecule has 2 aromatic heterocycles. The smallest absolute Gasteiger partial charge is 0.280 e. The number of aromatic nitrogens is 2. The Morgan fingerprint density at radius 2 is 2.24 bits per heavy atom. The number of rotatable bonds is 3. The van der Waals surface area contributed by atoms with Crippen LogP contribution in [0.5, 0.6) is 0 Å². The van der Waals surface area contributed by atoms with Gasteiger partial charge in [-0.05, 0) is 31.5 Å². The highest BCUT2D eigenvalue weighted by Gasteiger charge is 2.15. The van der Waals surface area contributed by atoms with Gasteiger partial charge in [0.2, 0.25) is 0 Å². The van der Waals surface area contributed by atoms with Gasteiger partial charge in [-0.25, -0.2) is 18.7 Å². The maximum absolute atomic E-state index is 12.7. The number of nitrogens with two attached hydrogens (primary N) is 1. The Labute approximate surface area is 121 Å². The highest BCUT2D eigenvalue weighted by Crippen LogP contribution is 2.27. The summed E-state index contributed by atoms with van der Waals surface area (Å²) in [5.74, 6) is 0.796. The van der Waals surface area contributed by atoms with E-state index in [2.05, 4.69) is 20.6 Å². The predicted molar refractivity (Wildman–Crippen MR) is 78.4 cm³/mol. The average Bonchev–Trinajstić information content (AvgIpc) is 2.48. The van der Waals surface area contributed by atoms with Gasteiger partial charge in [-0.15, -0.1) is 0 Å². The van der Waals surface area contributed by atoms with E-state index >= 15 is 0 Å². The topological polar surface area (TPSA) is 75.9 Å². The zero-order valence-corrected chi connectivity index (χ0v) is 11.4. The summed E-state index contributed by atoms with van der Waals surface area (Å²) in [7, 11) is 0. The van der Waals surface area contributed by atoms with Crippen LogP contribution in [0.15, 0.2) is 18.3 Å². The molecule has 0 unspecified atom stereocenters. The molecule has 0 aliphatic carbocycles. The zero-order valence-electron chi connectivity index (χ0n) is 11.4. The fourth-order valence-corrected chi connectivity index (χ4v) is 2.57. The first-order chi connectivity index (χ1) is 10.1. The van der Waals surface area contributed by atoms with Gasteiger partial charge in [-0.3, -0.25) is 0 Å². The maximum atomic E-state index is 12.7. The van der Waals surface area contributed by atoms with Crippen LogP contribution < -0.4 is 16.4 Å². The molecule has 1 aliphatic heterocycles. The third-order valence-electron chi connectivity index (χ3n) is 3.64. The van der Waals surface area contributed by atoms with Crippen LogP contribution in [0, 0.1) is 0 Å². The van der Waals surface area contributed by atoms with Gasteiger partial charge in [0, 0.05) is 29.6 Å². The van der Waals surface area contributed by atoms with Gasteiger partial charge in [0.05, 0.1) is 0 Å². The molecule has 0 bridgehead atoms. The molecule has 0 spiro atoms. The van der Waals surface area contributed by atoms with E-state index in [9.17, 15) is 8.78 Å². The second-order valence-electron chi connectivity index (χ2n) is 5.21. The lowest BCUT2D eigenvalue weighted by atomic mass is 10.1. The summed E-state index contributed by atoms with van der Waals surface area (Å²) in [5.41, 5.74) is 5.46. The maximum Gasteiger partial charge on any atom is 0.280 e. The number of nitrogen functional groups attached to an aromatic ring is 1. The molecule has 3 heterocycles. The van der Waals surface area contributed by atoms with Crippen molar-refractivity contribution in [3.8, 4) is 0 Å². The second-order valence-corrected chi connectivity index (χ2v) is 5.21. The number of hydrogen-bond acceptors (Lipinski definition) is 5. The molecular formula is C14H17F2N5. The SMILES string of the molecule is Nc1nc(C(F)F)cc2cnc(N[C@H]3CCCNC3)cc12. The van der Waals surface area contributed by atoms with E-state index in [1.807, 2.05) is 0 Å². The van der Waals surface area contributed by atoms with E-state index in [4.69, 9.17) is 5.73 Å². The van der Waals surface area contributed by atoms with Crippen molar-refractivity contribution in [2.75, 3.05) is 24.1 Å². The van der Waals surface area contributed by atoms with Gasteiger partial charge in [0.15, 0.2) is 0 Å². The summed E-state index contributed by atoms with van der Waals surface area (Å²) in [5, 5.41) is 7.86. The number of nitrogens with zero attached hydrogens (tertiary/aromatic N) is 2. The van der Waals surface area contributed by atoms with E-state index in [0.717, 1.165) is 25.9 Å². The van der Waals surface area contributed by atoms with Gasteiger partial charge in [0.25, 0.3) is 6.43 Å². The summed E-state index contributed by atoms with van der Waals surface area (Å²) in [4.78, 5) is 8.02. The van der Waals surface area contributed by atoms with Crippen molar-refractivity contribution < 1.29 is 8.78 Å². The largest absolute Gasteiger partial charge is 0.383 e. The Bertz CT molecular complexity index is 641.